The fourth-order valence-electron chi connectivity index (χ4n) is 1.64. The van der Waals surface area contributed by atoms with Crippen LogP contribution in [0.4, 0.5) is 4.39 Å². The second kappa shape index (κ2) is 3.46. The number of benzene rings is 1. The summed E-state index contributed by atoms with van der Waals surface area (Å²) in [4.78, 5) is 0. The minimum absolute atomic E-state index is 0.000602. The Labute approximate surface area is 78.0 Å². The molecule has 0 unspecified atom stereocenters. The predicted octanol–water partition coefficient (Wildman–Crippen LogP) is 2.42. The highest BCUT2D eigenvalue weighted by Crippen LogP contribution is 2.41. The largest absolute Gasteiger partial charge is 0.316 e. The summed E-state index contributed by atoms with van der Waals surface area (Å²) in [6.45, 7) is 0.617. The highest BCUT2D eigenvalue weighted by molar-refractivity contribution is 5.31. The van der Waals surface area contributed by atoms with Crippen LogP contribution in [0.5, 0.6) is 0 Å². The maximum atomic E-state index is 13.7. The van der Waals surface area contributed by atoms with Crippen LogP contribution in [0.15, 0.2) is 18.2 Å². The van der Waals surface area contributed by atoms with E-state index in [1.807, 2.05) is 25.2 Å². The topological polar surface area (TPSA) is 12.0 Å². The first-order valence-corrected chi connectivity index (χ1v) is 4.75. The van der Waals surface area contributed by atoms with Crippen molar-refractivity contribution in [1.29, 1.82) is 0 Å². The van der Waals surface area contributed by atoms with Crippen LogP contribution in [-0.2, 0) is 6.54 Å². The molecule has 0 spiro atoms. The summed E-state index contributed by atoms with van der Waals surface area (Å²) >= 11 is 0. The van der Waals surface area contributed by atoms with Crippen molar-refractivity contribution in [3.63, 3.8) is 0 Å². The Balaban J connectivity index is 2.30. The first-order valence-electron chi connectivity index (χ1n) is 4.75. The summed E-state index contributed by atoms with van der Waals surface area (Å²) in [6, 6.07) is 5.70. The number of nitrogens with one attached hydrogen (secondary N) is 1. The van der Waals surface area contributed by atoms with Crippen molar-refractivity contribution in [2.24, 2.45) is 0 Å². The van der Waals surface area contributed by atoms with E-state index >= 15 is 0 Å². The molecule has 1 aromatic rings. The fraction of sp³-hybridized carbons (Fsp3) is 0.455. The van der Waals surface area contributed by atoms with E-state index in [-0.39, 0.29) is 5.82 Å². The Bertz CT molecular complexity index is 305. The van der Waals surface area contributed by atoms with Gasteiger partial charge in [0.15, 0.2) is 0 Å². The van der Waals surface area contributed by atoms with Gasteiger partial charge in [0.25, 0.3) is 0 Å². The van der Waals surface area contributed by atoms with E-state index < -0.39 is 0 Å². The molecule has 1 nitrogen and oxygen atoms in total. The first-order chi connectivity index (χ1) is 6.33. The van der Waals surface area contributed by atoms with Crippen molar-refractivity contribution in [1.82, 2.24) is 5.32 Å². The molecule has 0 amide bonds. The van der Waals surface area contributed by atoms with Gasteiger partial charge in [-0.05, 0) is 31.4 Å². The Hall–Kier alpha value is -0.890. The second-order valence-corrected chi connectivity index (χ2v) is 3.62. The van der Waals surface area contributed by atoms with E-state index in [1.165, 1.54) is 0 Å². The summed E-state index contributed by atoms with van der Waals surface area (Å²) in [5.41, 5.74) is 1.69. The molecule has 13 heavy (non-hydrogen) atoms. The van der Waals surface area contributed by atoms with E-state index in [2.05, 4.69) is 5.32 Å². The van der Waals surface area contributed by atoms with Gasteiger partial charge in [0.2, 0.25) is 0 Å². The zero-order valence-electron chi connectivity index (χ0n) is 7.81. The monoisotopic (exact) mass is 179 g/mol. The molecule has 0 radical (unpaired) electrons. The minimum atomic E-state index is -0.000602. The third-order valence-electron chi connectivity index (χ3n) is 2.49. The molecule has 0 atom stereocenters. The van der Waals surface area contributed by atoms with Gasteiger partial charge in [0, 0.05) is 12.1 Å². The van der Waals surface area contributed by atoms with Gasteiger partial charge in [-0.2, -0.15) is 0 Å². The van der Waals surface area contributed by atoms with Crippen molar-refractivity contribution in [2.75, 3.05) is 7.05 Å². The lowest BCUT2D eigenvalue weighted by atomic mass is 10.1. The molecule has 70 valence electrons. The van der Waals surface area contributed by atoms with E-state index in [0.29, 0.717) is 12.5 Å². The maximum Gasteiger partial charge on any atom is 0.131 e. The normalized spacial score (nSPS) is 16.2. The Morgan fingerprint density at radius 3 is 2.85 bits per heavy atom. The second-order valence-electron chi connectivity index (χ2n) is 3.62. The van der Waals surface area contributed by atoms with Gasteiger partial charge in [0.1, 0.15) is 5.82 Å². The van der Waals surface area contributed by atoms with Crippen molar-refractivity contribution >= 4 is 0 Å². The average Bonchev–Trinajstić information content (AvgIpc) is 2.92. The van der Waals surface area contributed by atoms with Gasteiger partial charge in [-0.25, -0.2) is 4.39 Å². The molecule has 1 aromatic carbocycles. The van der Waals surface area contributed by atoms with Crippen LogP contribution in [-0.4, -0.2) is 7.05 Å². The zero-order valence-corrected chi connectivity index (χ0v) is 7.81. The molecule has 1 aliphatic rings. The Kier molecular flexibility index (Phi) is 2.32. The maximum absolute atomic E-state index is 13.7. The van der Waals surface area contributed by atoms with Gasteiger partial charge < -0.3 is 5.32 Å². The van der Waals surface area contributed by atoms with E-state index in [0.717, 1.165) is 24.0 Å². The molecular formula is C11H14FN. The van der Waals surface area contributed by atoms with Gasteiger partial charge in [0.05, 0.1) is 0 Å². The lowest BCUT2D eigenvalue weighted by Crippen LogP contribution is -2.08. The molecular weight excluding hydrogens is 165 g/mol. The van der Waals surface area contributed by atoms with Crippen LogP contribution >= 0.6 is 0 Å². The summed E-state index contributed by atoms with van der Waals surface area (Å²) in [5, 5.41) is 2.97. The zero-order chi connectivity index (χ0) is 9.26. The third kappa shape index (κ3) is 1.73. The van der Waals surface area contributed by atoms with Crippen LogP contribution in [0.25, 0.3) is 0 Å². The quantitative estimate of drug-likeness (QED) is 0.751. The van der Waals surface area contributed by atoms with Gasteiger partial charge in [-0.1, -0.05) is 18.2 Å². The SMILES string of the molecule is CNCc1cccc(C2CC2)c1F. The molecule has 1 aliphatic carbocycles. The van der Waals surface area contributed by atoms with Crippen molar-refractivity contribution in [3.05, 3.63) is 35.1 Å². The fourth-order valence-corrected chi connectivity index (χ4v) is 1.64. The number of rotatable bonds is 3. The predicted molar refractivity (Wildman–Crippen MR) is 51.1 cm³/mol. The molecule has 2 rings (SSSR count). The molecule has 0 aromatic heterocycles. The standard InChI is InChI=1S/C11H14FN/c1-13-7-9-3-2-4-10(11(9)12)8-5-6-8/h2-4,8,13H,5-7H2,1H3. The molecule has 0 aliphatic heterocycles. The Morgan fingerprint density at radius 1 is 1.46 bits per heavy atom. The summed E-state index contributed by atoms with van der Waals surface area (Å²) in [5.74, 6) is 0.496. The minimum Gasteiger partial charge on any atom is -0.316 e. The van der Waals surface area contributed by atoms with E-state index in [4.69, 9.17) is 0 Å². The van der Waals surface area contributed by atoms with Gasteiger partial charge >= 0.3 is 0 Å². The molecule has 1 N–H and O–H groups in total. The molecule has 1 fully saturated rings. The highest BCUT2D eigenvalue weighted by Gasteiger charge is 2.26. The van der Waals surface area contributed by atoms with Crippen LogP contribution in [0.2, 0.25) is 0 Å². The van der Waals surface area contributed by atoms with Crippen LogP contribution in [0.1, 0.15) is 29.9 Å². The van der Waals surface area contributed by atoms with Crippen molar-refractivity contribution in [2.45, 2.75) is 25.3 Å². The lowest BCUT2D eigenvalue weighted by molar-refractivity contribution is 0.585. The summed E-state index contributed by atoms with van der Waals surface area (Å²) < 4.78 is 13.7. The molecule has 2 heteroatoms. The van der Waals surface area contributed by atoms with Crippen LogP contribution in [0.3, 0.4) is 0 Å². The van der Waals surface area contributed by atoms with Crippen LogP contribution < -0.4 is 5.32 Å². The van der Waals surface area contributed by atoms with Gasteiger partial charge in [-0.15, -0.1) is 0 Å². The first kappa shape index (κ1) is 8.70. The van der Waals surface area contributed by atoms with Crippen molar-refractivity contribution in [3.8, 4) is 0 Å². The molecule has 1 saturated carbocycles. The number of hydrogen-bond acceptors (Lipinski definition) is 1. The summed E-state index contributed by atoms with van der Waals surface area (Å²) in [7, 11) is 1.84. The Morgan fingerprint density at radius 2 is 2.23 bits per heavy atom. The number of halogens is 1. The molecule has 0 saturated heterocycles. The van der Waals surface area contributed by atoms with Crippen LogP contribution in [0, 0.1) is 5.82 Å². The smallest absolute Gasteiger partial charge is 0.131 e. The summed E-state index contributed by atoms with van der Waals surface area (Å²) in [6.07, 6.45) is 2.31. The van der Waals surface area contributed by atoms with E-state index in [9.17, 15) is 4.39 Å². The molecule has 0 bridgehead atoms. The van der Waals surface area contributed by atoms with E-state index in [1.54, 1.807) is 0 Å². The average molecular weight is 179 g/mol. The van der Waals surface area contributed by atoms with Crippen molar-refractivity contribution < 1.29 is 4.39 Å². The third-order valence-corrected chi connectivity index (χ3v) is 2.49. The highest BCUT2D eigenvalue weighted by atomic mass is 19.1. The molecule has 0 heterocycles. The van der Waals surface area contributed by atoms with Gasteiger partial charge in [-0.3, -0.25) is 0 Å². The lowest BCUT2D eigenvalue weighted by Gasteiger charge is -2.06. The number of hydrogen-bond donors (Lipinski definition) is 1.